The quantitative estimate of drug-likeness (QED) is 0.801. The Morgan fingerprint density at radius 2 is 1.96 bits per heavy atom. The highest BCUT2D eigenvalue weighted by molar-refractivity contribution is 7.89. The van der Waals surface area contributed by atoms with Crippen LogP contribution in [-0.2, 0) is 21.4 Å². The van der Waals surface area contributed by atoms with Crippen molar-refractivity contribution in [3.63, 3.8) is 0 Å². The lowest BCUT2D eigenvalue weighted by atomic mass is 10.2. The van der Waals surface area contributed by atoms with Crippen LogP contribution >= 0.6 is 0 Å². The third kappa shape index (κ3) is 3.65. The van der Waals surface area contributed by atoms with Crippen LogP contribution in [0.5, 0.6) is 0 Å². The molecule has 24 heavy (non-hydrogen) atoms. The topological polar surface area (TPSA) is 98.5 Å². The van der Waals surface area contributed by atoms with Crippen molar-refractivity contribution in [3.05, 3.63) is 46.8 Å². The third-order valence-corrected chi connectivity index (χ3v) is 5.36. The molecule has 1 saturated carbocycles. The molecule has 2 aromatic rings. The number of aromatic nitrogens is 1. The molecule has 0 spiro atoms. The summed E-state index contributed by atoms with van der Waals surface area (Å²) in [4.78, 5) is 12.2. The van der Waals surface area contributed by atoms with Crippen molar-refractivity contribution < 1.29 is 22.5 Å². The minimum absolute atomic E-state index is 0.0368. The van der Waals surface area contributed by atoms with E-state index in [0.29, 0.717) is 11.5 Å². The second-order valence-corrected chi connectivity index (χ2v) is 7.51. The highest BCUT2D eigenvalue weighted by atomic mass is 32.2. The fourth-order valence-corrected chi connectivity index (χ4v) is 3.49. The molecule has 0 aliphatic heterocycles. The lowest BCUT2D eigenvalue weighted by Crippen LogP contribution is -2.25. The summed E-state index contributed by atoms with van der Waals surface area (Å²) in [6.45, 7) is 3.57. The molecular formula is C16H18N2O5S. The maximum atomic E-state index is 12.1. The van der Waals surface area contributed by atoms with Crippen LogP contribution in [0.25, 0.3) is 0 Å². The van der Waals surface area contributed by atoms with Gasteiger partial charge in [-0.1, -0.05) is 5.16 Å². The monoisotopic (exact) mass is 350 g/mol. The maximum Gasteiger partial charge on any atom is 0.338 e. The van der Waals surface area contributed by atoms with Crippen LogP contribution in [0.4, 0.5) is 0 Å². The number of benzene rings is 1. The number of ether oxygens (including phenoxy) is 1. The number of carbonyl (C=O) groups excluding carboxylic acids is 1. The Kier molecular flexibility index (Phi) is 4.42. The van der Waals surface area contributed by atoms with Crippen molar-refractivity contribution in [1.82, 2.24) is 9.88 Å². The van der Waals surface area contributed by atoms with E-state index < -0.39 is 16.0 Å². The molecule has 0 atom stereocenters. The van der Waals surface area contributed by atoms with Crippen molar-refractivity contribution >= 4 is 16.0 Å². The highest BCUT2D eigenvalue weighted by Crippen LogP contribution is 2.22. The summed E-state index contributed by atoms with van der Waals surface area (Å²) in [7, 11) is -3.52. The summed E-state index contributed by atoms with van der Waals surface area (Å²) in [5.74, 6) is 0.0713. The zero-order chi connectivity index (χ0) is 17.3. The Bertz CT molecular complexity index is 832. The normalized spacial score (nSPS) is 14.6. The summed E-state index contributed by atoms with van der Waals surface area (Å²) in [5, 5.41) is 3.79. The predicted octanol–water partition coefficient (Wildman–Crippen LogP) is 2.09. The Hall–Kier alpha value is -2.19. The van der Waals surface area contributed by atoms with Gasteiger partial charge in [0.15, 0.2) is 0 Å². The van der Waals surface area contributed by atoms with Gasteiger partial charge in [-0.3, -0.25) is 0 Å². The number of nitrogens with one attached hydrogen (secondary N) is 1. The first-order valence-electron chi connectivity index (χ1n) is 7.58. The standard InChI is InChI=1S/C16H18N2O5S/c1-10-15(11(2)23-17-10)9-22-16(19)12-3-7-14(8-4-12)24(20,21)18-13-5-6-13/h3-4,7-8,13,18H,5-6,9H2,1-2H3. The van der Waals surface area contributed by atoms with Crippen molar-refractivity contribution in [2.24, 2.45) is 0 Å². The van der Waals surface area contributed by atoms with E-state index in [1.54, 1.807) is 13.8 Å². The zero-order valence-corrected chi connectivity index (χ0v) is 14.2. The number of aryl methyl sites for hydroxylation is 2. The fourth-order valence-electron chi connectivity index (χ4n) is 2.19. The van der Waals surface area contributed by atoms with Gasteiger partial charge in [0.2, 0.25) is 10.0 Å². The van der Waals surface area contributed by atoms with E-state index in [2.05, 4.69) is 9.88 Å². The molecule has 1 aromatic heterocycles. The highest BCUT2D eigenvalue weighted by Gasteiger charge is 2.28. The molecule has 0 saturated heterocycles. The van der Waals surface area contributed by atoms with Gasteiger partial charge in [-0.15, -0.1) is 0 Å². The van der Waals surface area contributed by atoms with Crippen LogP contribution in [-0.4, -0.2) is 25.6 Å². The number of sulfonamides is 1. The van der Waals surface area contributed by atoms with E-state index in [9.17, 15) is 13.2 Å². The van der Waals surface area contributed by atoms with Gasteiger partial charge in [0.25, 0.3) is 0 Å². The second-order valence-electron chi connectivity index (χ2n) is 5.80. The summed E-state index contributed by atoms with van der Waals surface area (Å²) in [5.41, 5.74) is 1.69. The van der Waals surface area contributed by atoms with Crippen LogP contribution in [0.3, 0.4) is 0 Å². The maximum absolute atomic E-state index is 12.1. The molecule has 3 rings (SSSR count). The summed E-state index contributed by atoms with van der Waals surface area (Å²) in [6, 6.07) is 5.72. The van der Waals surface area contributed by atoms with Crippen LogP contribution in [0, 0.1) is 13.8 Å². The molecule has 1 aromatic carbocycles. The molecule has 0 bridgehead atoms. The van der Waals surface area contributed by atoms with Crippen molar-refractivity contribution in [1.29, 1.82) is 0 Å². The lowest BCUT2D eigenvalue weighted by molar-refractivity contribution is 0.0470. The van der Waals surface area contributed by atoms with Gasteiger partial charge >= 0.3 is 5.97 Å². The van der Waals surface area contributed by atoms with Crippen LogP contribution in [0.1, 0.15) is 40.2 Å². The first kappa shape index (κ1) is 16.7. The van der Waals surface area contributed by atoms with E-state index in [1.807, 2.05) is 0 Å². The second kappa shape index (κ2) is 6.37. The van der Waals surface area contributed by atoms with E-state index in [-0.39, 0.29) is 23.1 Å². The largest absolute Gasteiger partial charge is 0.457 e. The number of hydrogen-bond acceptors (Lipinski definition) is 6. The van der Waals surface area contributed by atoms with Crippen LogP contribution in [0.2, 0.25) is 0 Å². The van der Waals surface area contributed by atoms with Gasteiger partial charge in [0.1, 0.15) is 12.4 Å². The Morgan fingerprint density at radius 1 is 1.29 bits per heavy atom. The summed E-state index contributed by atoms with van der Waals surface area (Å²) >= 11 is 0. The Morgan fingerprint density at radius 3 is 2.50 bits per heavy atom. The number of hydrogen-bond donors (Lipinski definition) is 1. The molecule has 1 aliphatic carbocycles. The molecule has 0 unspecified atom stereocenters. The van der Waals surface area contributed by atoms with E-state index in [0.717, 1.165) is 18.4 Å². The third-order valence-electron chi connectivity index (χ3n) is 3.83. The van der Waals surface area contributed by atoms with Gasteiger partial charge in [-0.05, 0) is 51.0 Å². The molecule has 7 nitrogen and oxygen atoms in total. The van der Waals surface area contributed by atoms with Crippen LogP contribution in [0.15, 0.2) is 33.7 Å². The number of esters is 1. The van der Waals surface area contributed by atoms with Gasteiger partial charge in [-0.2, -0.15) is 0 Å². The Balaban J connectivity index is 1.65. The zero-order valence-electron chi connectivity index (χ0n) is 13.4. The Labute approximate surface area is 140 Å². The molecule has 128 valence electrons. The van der Waals surface area contributed by atoms with Crippen molar-refractivity contribution in [2.75, 3.05) is 0 Å². The number of carbonyl (C=O) groups is 1. The van der Waals surface area contributed by atoms with Gasteiger partial charge in [-0.25, -0.2) is 17.9 Å². The molecular weight excluding hydrogens is 332 g/mol. The smallest absolute Gasteiger partial charge is 0.338 e. The molecule has 8 heteroatoms. The fraction of sp³-hybridized carbons (Fsp3) is 0.375. The predicted molar refractivity (Wildman–Crippen MR) is 84.9 cm³/mol. The van der Waals surface area contributed by atoms with Gasteiger partial charge in [0.05, 0.1) is 21.7 Å². The lowest BCUT2D eigenvalue weighted by Gasteiger charge is -2.07. The summed E-state index contributed by atoms with van der Waals surface area (Å²) in [6.07, 6.45) is 1.73. The number of nitrogens with zero attached hydrogens (tertiary/aromatic N) is 1. The van der Waals surface area contributed by atoms with Crippen LogP contribution < -0.4 is 4.72 Å². The first-order valence-corrected chi connectivity index (χ1v) is 9.06. The molecule has 1 aliphatic rings. The average Bonchev–Trinajstić information content (AvgIpc) is 3.30. The minimum atomic E-state index is -3.52. The average molecular weight is 350 g/mol. The van der Waals surface area contributed by atoms with E-state index in [4.69, 9.17) is 9.26 Å². The SMILES string of the molecule is Cc1noc(C)c1COC(=O)c1ccc(S(=O)(=O)NC2CC2)cc1. The summed E-state index contributed by atoms with van der Waals surface area (Å²) < 4.78 is 37.0. The number of rotatable bonds is 6. The van der Waals surface area contributed by atoms with E-state index in [1.165, 1.54) is 24.3 Å². The molecule has 1 fully saturated rings. The molecule has 0 amide bonds. The minimum Gasteiger partial charge on any atom is -0.457 e. The first-order chi connectivity index (χ1) is 11.4. The van der Waals surface area contributed by atoms with Crippen molar-refractivity contribution in [3.8, 4) is 0 Å². The van der Waals surface area contributed by atoms with E-state index >= 15 is 0 Å². The molecule has 0 radical (unpaired) electrons. The van der Waals surface area contributed by atoms with Gasteiger partial charge in [0, 0.05) is 6.04 Å². The molecule has 1 N–H and O–H groups in total. The molecule has 1 heterocycles. The van der Waals surface area contributed by atoms with Crippen molar-refractivity contribution in [2.45, 2.75) is 44.2 Å². The van der Waals surface area contributed by atoms with Gasteiger partial charge < -0.3 is 9.26 Å².